The van der Waals surface area contributed by atoms with Gasteiger partial charge in [0.15, 0.2) is 0 Å². The van der Waals surface area contributed by atoms with Gasteiger partial charge in [-0.3, -0.25) is 4.57 Å². The Morgan fingerprint density at radius 2 is 1.75 bits per heavy atom. The minimum atomic E-state index is -4.52. The Hall–Kier alpha value is 1.94. The van der Waals surface area contributed by atoms with Crippen LogP contribution in [-0.2, 0) is 4.57 Å². The van der Waals surface area contributed by atoms with E-state index in [2.05, 4.69) is 6.12 Å². The number of hydrogen-bond acceptors (Lipinski definition) is 3. The van der Waals surface area contributed by atoms with Gasteiger partial charge in [-0.05, 0) is 24.3 Å². The summed E-state index contributed by atoms with van der Waals surface area (Å²) < 4.78 is 14.4. The normalized spacial score (nSPS) is 10.3. The number of rotatable bonds is 2. The van der Waals surface area contributed by atoms with Crippen LogP contribution in [0.1, 0.15) is 0 Å². The van der Waals surface area contributed by atoms with E-state index in [4.69, 9.17) is 21.4 Å². The molecule has 10 heteroatoms. The van der Waals surface area contributed by atoms with Crippen molar-refractivity contribution in [1.82, 2.24) is 9.78 Å². The SMILES string of the molecule is O=P(O)(O)c1cn(-c2ccc(Cl)cc2)nc1O.[CH3][K].[KH]. The van der Waals surface area contributed by atoms with Gasteiger partial charge in [0.1, 0.15) is 5.30 Å². The van der Waals surface area contributed by atoms with Crippen LogP contribution in [0.2, 0.25) is 6.04 Å². The molecule has 0 spiro atoms. The van der Waals surface area contributed by atoms with Crippen molar-refractivity contribution in [2.24, 2.45) is 0 Å². The first-order valence-corrected chi connectivity index (χ1v) is 10.6. The molecule has 2 aromatic rings. The van der Waals surface area contributed by atoms with Gasteiger partial charge in [0.05, 0.1) is 11.9 Å². The maximum atomic E-state index is 11.0. The molecule has 1 heterocycles. The molecule has 0 saturated carbocycles. The summed E-state index contributed by atoms with van der Waals surface area (Å²) in [5.74, 6) is -0.687. The van der Waals surface area contributed by atoms with Crippen molar-refractivity contribution in [3.63, 3.8) is 0 Å². The standard InChI is InChI=1S/C9H8ClN2O4P.CH3.2K.H/c10-6-1-3-7(4-2-6)12-5-8(9(13)11-12)17(14,15)16;;;;/h1-5H,(H,11,13)(H2,14,15,16);1H3;;;. The molecule has 20 heavy (non-hydrogen) atoms. The number of aromatic nitrogens is 2. The summed E-state index contributed by atoms with van der Waals surface area (Å²) in [5.41, 5.74) is 0.532. The van der Waals surface area contributed by atoms with E-state index in [9.17, 15) is 9.67 Å². The molecule has 100 valence electrons. The second-order valence-electron chi connectivity index (χ2n) is 3.30. The van der Waals surface area contributed by atoms with E-state index >= 15 is 0 Å². The van der Waals surface area contributed by atoms with E-state index in [-0.39, 0.29) is 51.4 Å². The van der Waals surface area contributed by atoms with Crippen molar-refractivity contribution in [1.29, 1.82) is 0 Å². The quantitative estimate of drug-likeness (QED) is 0.532. The fraction of sp³-hybridized carbons (Fsp3) is 0.100. The van der Waals surface area contributed by atoms with Crippen LogP contribution < -0.4 is 5.30 Å². The Balaban J connectivity index is 0.00000115. The Labute approximate surface area is 198 Å². The predicted molar refractivity (Wildman–Crippen MR) is 80.7 cm³/mol. The average Bonchev–Trinajstić information content (AvgIpc) is 2.75. The third-order valence-corrected chi connectivity index (χ3v) is 3.28. The molecule has 0 radical (unpaired) electrons. The zero-order valence-corrected chi connectivity index (χ0v) is 15.1. The number of hydrogen-bond donors (Lipinski definition) is 3. The van der Waals surface area contributed by atoms with Crippen molar-refractivity contribution in [2.45, 2.75) is 1.02 Å². The van der Waals surface area contributed by atoms with Gasteiger partial charge in [0, 0.05) is 5.02 Å². The van der Waals surface area contributed by atoms with Crippen molar-refractivity contribution < 1.29 is 19.5 Å². The monoisotopic (exact) mass is 368 g/mol. The van der Waals surface area contributed by atoms with Crippen LogP contribution in [0.5, 0.6) is 5.88 Å². The minimum absolute atomic E-state index is 0. The molecule has 0 saturated heterocycles. The van der Waals surface area contributed by atoms with E-state index in [1.807, 2.05) is 0 Å². The van der Waals surface area contributed by atoms with Crippen LogP contribution in [0.3, 0.4) is 0 Å². The second-order valence-corrected chi connectivity index (χ2v) is 5.31. The fourth-order valence-electron chi connectivity index (χ4n) is 1.29. The van der Waals surface area contributed by atoms with E-state index in [1.54, 1.807) is 24.3 Å². The Morgan fingerprint density at radius 1 is 1.25 bits per heavy atom. The molecule has 0 aliphatic carbocycles. The molecule has 0 bridgehead atoms. The van der Waals surface area contributed by atoms with Crippen LogP contribution in [0.15, 0.2) is 30.5 Å². The zero-order chi connectivity index (χ0) is 14.6. The summed E-state index contributed by atoms with van der Waals surface area (Å²) in [6.07, 6.45) is 1.08. The van der Waals surface area contributed by atoms with Crippen molar-refractivity contribution in [2.75, 3.05) is 0 Å². The molecule has 0 fully saturated rings. The molecule has 0 amide bonds. The van der Waals surface area contributed by atoms with Crippen LogP contribution in [0.25, 0.3) is 5.69 Å². The fourth-order valence-corrected chi connectivity index (χ4v) is 1.98. The number of aromatic hydroxyl groups is 1. The summed E-state index contributed by atoms with van der Waals surface area (Å²) in [6.45, 7) is 0. The van der Waals surface area contributed by atoms with Crippen LogP contribution >= 0.6 is 19.2 Å². The van der Waals surface area contributed by atoms with Gasteiger partial charge in [-0.15, -0.1) is 5.10 Å². The van der Waals surface area contributed by atoms with Gasteiger partial charge >= 0.3 is 109 Å². The molecule has 3 N–H and O–H groups in total. The summed E-state index contributed by atoms with van der Waals surface area (Å²) >= 11 is 6.77. The number of nitrogens with zero attached hydrogens (tertiary/aromatic N) is 2. The molecule has 0 aliphatic rings. The van der Waals surface area contributed by atoms with Crippen LogP contribution in [-0.4, -0.2) is 125 Å². The van der Waals surface area contributed by atoms with Crippen molar-refractivity contribution >= 4 is 125 Å². The second kappa shape index (κ2) is 9.94. The molecule has 0 aliphatic heterocycles. The molecule has 0 atom stereocenters. The Bertz CT molecular complexity index is 600. The Kier molecular flexibility index (Phi) is 10.9. The maximum absolute atomic E-state index is 11.0. The summed E-state index contributed by atoms with van der Waals surface area (Å²) in [7, 11) is -4.52. The van der Waals surface area contributed by atoms with Gasteiger partial charge in [-0.2, -0.15) is 0 Å². The molecule has 6 nitrogen and oxygen atoms in total. The summed E-state index contributed by atoms with van der Waals surface area (Å²) in [4.78, 5) is 17.9. The van der Waals surface area contributed by atoms with Crippen molar-refractivity contribution in [3.05, 3.63) is 35.5 Å². The van der Waals surface area contributed by atoms with Gasteiger partial charge in [-0.25, -0.2) is 4.68 Å². The molecular weight excluding hydrogens is 357 g/mol. The van der Waals surface area contributed by atoms with E-state index in [0.717, 1.165) is 55.2 Å². The molecule has 1 aromatic carbocycles. The Morgan fingerprint density at radius 3 is 2.15 bits per heavy atom. The average molecular weight is 369 g/mol. The first kappa shape index (κ1) is 21.9. The molecule has 1 aromatic heterocycles. The first-order valence-electron chi connectivity index (χ1n) is 5.48. The van der Waals surface area contributed by atoms with E-state index in [0.29, 0.717) is 10.7 Å². The van der Waals surface area contributed by atoms with Gasteiger partial charge in [0.2, 0.25) is 5.88 Å². The third-order valence-electron chi connectivity index (χ3n) is 2.08. The molecular formula is C10H12ClK2N2O4P. The van der Waals surface area contributed by atoms with Gasteiger partial charge in [-0.1, -0.05) is 11.6 Å². The summed E-state index contributed by atoms with van der Waals surface area (Å²) in [5, 5.41) is 13.0. The third kappa shape index (κ3) is 6.21. The number of benzene rings is 1. The van der Waals surface area contributed by atoms with Gasteiger partial charge in [0.25, 0.3) is 0 Å². The van der Waals surface area contributed by atoms with E-state index < -0.39 is 18.8 Å². The first-order chi connectivity index (χ1) is 8.88. The zero-order valence-electron chi connectivity index (χ0n) is 10.4. The topological polar surface area (TPSA) is 95.6 Å². The predicted octanol–water partition coefficient (Wildman–Crippen LogP) is 0.589. The summed E-state index contributed by atoms with van der Waals surface area (Å²) in [6, 6.07) is 6.43. The van der Waals surface area contributed by atoms with Crippen LogP contribution in [0, 0.1) is 0 Å². The van der Waals surface area contributed by atoms with E-state index in [1.165, 1.54) is 4.68 Å². The number of halogens is 1. The molecule has 0 unspecified atom stereocenters. The van der Waals surface area contributed by atoms with Crippen molar-refractivity contribution in [3.8, 4) is 11.6 Å². The van der Waals surface area contributed by atoms with Gasteiger partial charge < -0.3 is 14.9 Å². The molecule has 2 rings (SSSR count). The van der Waals surface area contributed by atoms with Crippen LogP contribution in [0.4, 0.5) is 0 Å².